The molecule has 120 valence electrons. The number of carbonyl (C=O) groups excluding carboxylic acids is 1. The maximum absolute atomic E-state index is 12.2. The molecular weight excluding hydrogens is 314 g/mol. The van der Waals surface area contributed by atoms with E-state index in [1.165, 1.54) is 0 Å². The summed E-state index contributed by atoms with van der Waals surface area (Å²) in [5, 5.41) is 11.9. The van der Waals surface area contributed by atoms with Crippen LogP contribution in [0.1, 0.15) is 28.3 Å². The lowest BCUT2D eigenvalue weighted by molar-refractivity contribution is 0.0947. The van der Waals surface area contributed by atoms with Crippen molar-refractivity contribution in [1.29, 1.82) is 0 Å². The molecule has 0 aliphatic rings. The minimum Gasteiger partial charge on any atom is -0.351 e. The fraction of sp³-hybridized carbons (Fsp3) is 0.312. The van der Waals surface area contributed by atoms with E-state index in [9.17, 15) is 4.79 Å². The lowest BCUT2D eigenvalue weighted by atomic mass is 10.3. The van der Waals surface area contributed by atoms with E-state index in [1.54, 1.807) is 10.7 Å². The Bertz CT molecular complexity index is 851. The molecule has 0 atom stereocenters. The normalized spacial score (nSPS) is 11.1. The highest BCUT2D eigenvalue weighted by molar-refractivity contribution is 6.36. The van der Waals surface area contributed by atoms with Crippen molar-refractivity contribution >= 4 is 23.0 Å². The lowest BCUT2D eigenvalue weighted by Crippen LogP contribution is -2.26. The van der Waals surface area contributed by atoms with Crippen LogP contribution in [0.2, 0.25) is 5.02 Å². The number of hydrogen-bond acceptors (Lipinski definition) is 3. The topological polar surface area (TPSA) is 64.2 Å². The third kappa shape index (κ3) is 3.22. The molecule has 0 aromatic carbocycles. The van der Waals surface area contributed by atoms with Gasteiger partial charge in [-0.15, -0.1) is 0 Å². The minimum absolute atomic E-state index is 0.254. The second-order valence-corrected chi connectivity index (χ2v) is 5.83. The number of fused-ring (bicyclic) bond motifs is 1. The molecule has 7 heteroatoms. The highest BCUT2D eigenvalue weighted by atomic mass is 35.5. The quantitative estimate of drug-likeness (QED) is 0.731. The van der Waals surface area contributed by atoms with Gasteiger partial charge in [0.05, 0.1) is 16.2 Å². The molecule has 0 unspecified atom stereocenters. The Hall–Kier alpha value is -2.34. The highest BCUT2D eigenvalue weighted by Gasteiger charge is 2.17. The molecule has 1 N–H and O–H groups in total. The van der Waals surface area contributed by atoms with Gasteiger partial charge in [0.25, 0.3) is 5.91 Å². The van der Waals surface area contributed by atoms with Crippen molar-refractivity contribution < 1.29 is 4.79 Å². The van der Waals surface area contributed by atoms with E-state index < -0.39 is 0 Å². The predicted octanol–water partition coefficient (Wildman–Crippen LogP) is 2.62. The summed E-state index contributed by atoms with van der Waals surface area (Å²) in [5.74, 6) is -0.257. The molecule has 3 aromatic rings. The summed E-state index contributed by atoms with van der Waals surface area (Å²) in [6, 6.07) is 7.56. The van der Waals surface area contributed by atoms with Gasteiger partial charge in [0.1, 0.15) is 0 Å². The van der Waals surface area contributed by atoms with Crippen molar-refractivity contribution in [3.8, 4) is 0 Å². The van der Waals surface area contributed by atoms with Crippen LogP contribution in [0.5, 0.6) is 0 Å². The van der Waals surface area contributed by atoms with E-state index in [0.29, 0.717) is 11.6 Å². The molecule has 0 saturated carbocycles. The van der Waals surface area contributed by atoms with Crippen LogP contribution in [-0.2, 0) is 6.54 Å². The standard InChI is InChI=1S/C16H18ClN5O/c1-11-10-12(2)21(19-11)9-5-7-18-16(23)15-14(17)13-6-3-4-8-22(13)20-15/h3-4,6,8,10H,5,7,9H2,1-2H3,(H,18,23). The molecule has 0 bridgehead atoms. The average molecular weight is 332 g/mol. The van der Waals surface area contributed by atoms with Gasteiger partial charge in [-0.25, -0.2) is 4.52 Å². The number of hydrogen-bond donors (Lipinski definition) is 1. The SMILES string of the molecule is Cc1cc(C)n(CCCNC(=O)c2nn3ccccc3c2Cl)n1. The monoisotopic (exact) mass is 331 g/mol. The van der Waals surface area contributed by atoms with Crippen molar-refractivity contribution in [2.24, 2.45) is 0 Å². The van der Waals surface area contributed by atoms with Gasteiger partial charge in [-0.2, -0.15) is 10.2 Å². The van der Waals surface area contributed by atoms with Crippen molar-refractivity contribution in [1.82, 2.24) is 24.7 Å². The van der Waals surface area contributed by atoms with Gasteiger partial charge < -0.3 is 5.32 Å². The molecule has 3 aromatic heterocycles. The van der Waals surface area contributed by atoms with Crippen molar-refractivity contribution in [3.05, 3.63) is 52.6 Å². The molecule has 0 radical (unpaired) electrons. The van der Waals surface area contributed by atoms with Crippen LogP contribution in [0.25, 0.3) is 5.52 Å². The number of rotatable bonds is 5. The van der Waals surface area contributed by atoms with Crippen LogP contribution in [0.3, 0.4) is 0 Å². The zero-order chi connectivity index (χ0) is 16.4. The number of nitrogens with one attached hydrogen (secondary N) is 1. The van der Waals surface area contributed by atoms with E-state index >= 15 is 0 Å². The molecule has 6 nitrogen and oxygen atoms in total. The number of aryl methyl sites for hydroxylation is 3. The Morgan fingerprint density at radius 2 is 2.13 bits per heavy atom. The number of nitrogens with zero attached hydrogens (tertiary/aromatic N) is 4. The van der Waals surface area contributed by atoms with Crippen LogP contribution in [0.4, 0.5) is 0 Å². The number of carbonyl (C=O) groups is 1. The molecule has 0 aliphatic heterocycles. The molecule has 1 amide bonds. The van der Waals surface area contributed by atoms with Gasteiger partial charge in [0.2, 0.25) is 0 Å². The Morgan fingerprint density at radius 3 is 2.83 bits per heavy atom. The molecular formula is C16H18ClN5O. The summed E-state index contributed by atoms with van der Waals surface area (Å²) in [4.78, 5) is 12.2. The molecule has 0 aliphatic carbocycles. The first-order valence-electron chi connectivity index (χ1n) is 7.48. The third-order valence-corrected chi connectivity index (χ3v) is 4.00. The molecule has 0 saturated heterocycles. The average Bonchev–Trinajstić information content (AvgIpc) is 3.03. The number of pyridine rings is 1. The Kier molecular flexibility index (Phi) is 4.34. The second-order valence-electron chi connectivity index (χ2n) is 5.45. The van der Waals surface area contributed by atoms with Gasteiger partial charge in [-0.3, -0.25) is 9.48 Å². The summed E-state index contributed by atoms with van der Waals surface area (Å²) >= 11 is 6.23. The van der Waals surface area contributed by atoms with Crippen LogP contribution in [0.15, 0.2) is 30.5 Å². The van der Waals surface area contributed by atoms with E-state index in [4.69, 9.17) is 11.6 Å². The van der Waals surface area contributed by atoms with Crippen LogP contribution < -0.4 is 5.32 Å². The van der Waals surface area contributed by atoms with Crippen molar-refractivity contribution in [2.45, 2.75) is 26.8 Å². The highest BCUT2D eigenvalue weighted by Crippen LogP contribution is 2.21. The summed E-state index contributed by atoms with van der Waals surface area (Å²) < 4.78 is 3.55. The van der Waals surface area contributed by atoms with E-state index in [1.807, 2.05) is 42.8 Å². The first-order valence-corrected chi connectivity index (χ1v) is 7.86. The molecule has 0 fully saturated rings. The molecule has 23 heavy (non-hydrogen) atoms. The molecule has 3 rings (SSSR count). The fourth-order valence-corrected chi connectivity index (χ4v) is 2.80. The number of aromatic nitrogens is 4. The number of amides is 1. The first-order chi connectivity index (χ1) is 11.1. The molecule has 3 heterocycles. The summed E-state index contributed by atoms with van der Waals surface area (Å²) in [5.41, 5.74) is 3.10. The third-order valence-electron chi connectivity index (χ3n) is 3.63. The zero-order valence-electron chi connectivity index (χ0n) is 13.1. The largest absolute Gasteiger partial charge is 0.351 e. The first kappa shape index (κ1) is 15.6. The van der Waals surface area contributed by atoms with Gasteiger partial charge in [-0.05, 0) is 38.5 Å². The fourth-order valence-electron chi connectivity index (χ4n) is 2.53. The minimum atomic E-state index is -0.257. The lowest BCUT2D eigenvalue weighted by Gasteiger charge is -2.05. The predicted molar refractivity (Wildman–Crippen MR) is 88.9 cm³/mol. The maximum Gasteiger partial charge on any atom is 0.273 e. The van der Waals surface area contributed by atoms with Crippen molar-refractivity contribution in [2.75, 3.05) is 6.54 Å². The smallest absolute Gasteiger partial charge is 0.273 e. The van der Waals surface area contributed by atoms with Crippen LogP contribution in [0, 0.1) is 13.8 Å². The number of halogens is 1. The van der Waals surface area contributed by atoms with Crippen LogP contribution in [-0.4, -0.2) is 31.8 Å². The maximum atomic E-state index is 12.2. The Labute approximate surface area is 139 Å². The summed E-state index contributed by atoms with van der Waals surface area (Å²) in [6.07, 6.45) is 2.56. The van der Waals surface area contributed by atoms with Crippen LogP contribution >= 0.6 is 11.6 Å². The zero-order valence-corrected chi connectivity index (χ0v) is 13.8. The Morgan fingerprint density at radius 1 is 1.30 bits per heavy atom. The van der Waals surface area contributed by atoms with Crippen molar-refractivity contribution in [3.63, 3.8) is 0 Å². The van der Waals surface area contributed by atoms with Gasteiger partial charge in [0, 0.05) is 25.0 Å². The van der Waals surface area contributed by atoms with Gasteiger partial charge >= 0.3 is 0 Å². The van der Waals surface area contributed by atoms with Gasteiger partial charge in [-0.1, -0.05) is 17.7 Å². The Balaban J connectivity index is 1.58. The summed E-state index contributed by atoms with van der Waals surface area (Å²) in [7, 11) is 0. The van der Waals surface area contributed by atoms with Gasteiger partial charge in [0.15, 0.2) is 5.69 Å². The second kappa shape index (κ2) is 6.42. The van der Waals surface area contributed by atoms with E-state index in [2.05, 4.69) is 15.5 Å². The van der Waals surface area contributed by atoms with E-state index in [0.717, 1.165) is 29.9 Å². The molecule has 0 spiro atoms. The van der Waals surface area contributed by atoms with E-state index in [-0.39, 0.29) is 11.6 Å². The summed E-state index contributed by atoms with van der Waals surface area (Å²) in [6.45, 7) is 5.30.